The maximum Gasteiger partial charge on any atom is 0.243 e. The van der Waals surface area contributed by atoms with Gasteiger partial charge in [0.25, 0.3) is 0 Å². The van der Waals surface area contributed by atoms with Gasteiger partial charge in [-0.05, 0) is 24.3 Å². The van der Waals surface area contributed by atoms with Crippen molar-refractivity contribution >= 4 is 16.7 Å². The van der Waals surface area contributed by atoms with Crippen molar-refractivity contribution in [2.75, 3.05) is 21.3 Å². The van der Waals surface area contributed by atoms with E-state index < -0.39 is 0 Å². The second kappa shape index (κ2) is 7.11. The first-order valence-corrected chi connectivity index (χ1v) is 8.53. The van der Waals surface area contributed by atoms with Crippen LogP contribution in [0, 0.1) is 0 Å². The van der Waals surface area contributed by atoms with Gasteiger partial charge in [0, 0.05) is 16.5 Å². The van der Waals surface area contributed by atoms with E-state index in [2.05, 4.69) is 9.97 Å². The molecule has 0 fully saturated rings. The molecular weight excluding hydrogens is 360 g/mol. The van der Waals surface area contributed by atoms with Gasteiger partial charge < -0.3 is 23.6 Å². The molecule has 2 heterocycles. The van der Waals surface area contributed by atoms with E-state index in [1.165, 1.54) is 27.6 Å². The van der Waals surface area contributed by atoms with Crippen LogP contribution < -0.4 is 14.2 Å². The number of carbonyl (C=O) groups is 1. The summed E-state index contributed by atoms with van der Waals surface area (Å²) in [6.07, 6.45) is 1.34. The Balaban J connectivity index is 1.69. The largest absolute Gasteiger partial charge is 0.493 e. The topological polar surface area (TPSA) is 86.6 Å². The van der Waals surface area contributed by atoms with Crippen LogP contribution in [0.15, 0.2) is 53.1 Å². The van der Waals surface area contributed by atoms with Gasteiger partial charge >= 0.3 is 0 Å². The number of nitrogens with zero attached hydrogens (tertiary/aromatic N) is 1. The second-order valence-electron chi connectivity index (χ2n) is 6.05. The van der Waals surface area contributed by atoms with Gasteiger partial charge in [0.2, 0.25) is 17.4 Å². The number of oxazole rings is 1. The molecule has 0 unspecified atom stereocenters. The number of aromatic nitrogens is 2. The van der Waals surface area contributed by atoms with Crippen LogP contribution in [0.1, 0.15) is 16.1 Å². The van der Waals surface area contributed by atoms with Crippen molar-refractivity contribution in [1.29, 1.82) is 0 Å². The highest BCUT2D eigenvalue weighted by molar-refractivity contribution is 6.08. The van der Waals surface area contributed by atoms with Gasteiger partial charge in [-0.3, -0.25) is 4.79 Å². The van der Waals surface area contributed by atoms with Gasteiger partial charge in [0.15, 0.2) is 17.2 Å². The van der Waals surface area contributed by atoms with E-state index in [-0.39, 0.29) is 11.5 Å². The number of ether oxygens (including phenoxy) is 3. The third-order valence-corrected chi connectivity index (χ3v) is 4.42. The van der Waals surface area contributed by atoms with Gasteiger partial charge in [0.05, 0.1) is 21.3 Å². The quantitative estimate of drug-likeness (QED) is 0.509. The zero-order valence-electron chi connectivity index (χ0n) is 15.6. The fraction of sp³-hybridized carbons (Fsp3) is 0.143. The first-order valence-electron chi connectivity index (χ1n) is 8.53. The number of ketones is 1. The first kappa shape index (κ1) is 17.7. The summed E-state index contributed by atoms with van der Waals surface area (Å²) in [5, 5.41) is 1.04. The van der Waals surface area contributed by atoms with Gasteiger partial charge in [0.1, 0.15) is 12.0 Å². The number of aromatic amines is 1. The molecule has 0 aliphatic heterocycles. The Bertz CT molecular complexity index is 1100. The minimum absolute atomic E-state index is 0.183. The highest BCUT2D eigenvalue weighted by Gasteiger charge is 2.21. The van der Waals surface area contributed by atoms with E-state index in [1.54, 1.807) is 12.1 Å². The van der Waals surface area contributed by atoms with Gasteiger partial charge in [-0.15, -0.1) is 0 Å². The molecule has 7 heteroatoms. The van der Waals surface area contributed by atoms with Crippen molar-refractivity contribution in [2.45, 2.75) is 0 Å². The molecule has 0 aliphatic carbocycles. The molecule has 4 rings (SSSR count). The van der Waals surface area contributed by atoms with E-state index in [9.17, 15) is 4.79 Å². The zero-order valence-corrected chi connectivity index (χ0v) is 15.6. The molecule has 28 heavy (non-hydrogen) atoms. The van der Waals surface area contributed by atoms with Crippen molar-refractivity contribution in [3.8, 4) is 28.8 Å². The molecule has 0 spiro atoms. The minimum atomic E-state index is -0.314. The molecule has 142 valence electrons. The molecule has 1 N–H and O–H groups in total. The highest BCUT2D eigenvalue weighted by atomic mass is 16.5. The summed E-state index contributed by atoms with van der Waals surface area (Å²) in [6, 6.07) is 12.9. The molecule has 2 aromatic carbocycles. The number of fused-ring (bicyclic) bond motifs is 1. The fourth-order valence-corrected chi connectivity index (χ4v) is 3.05. The predicted molar refractivity (Wildman–Crippen MR) is 103 cm³/mol. The lowest BCUT2D eigenvalue weighted by molar-refractivity contribution is 0.103. The maximum atomic E-state index is 12.9. The Hall–Kier alpha value is -3.74. The third kappa shape index (κ3) is 2.96. The number of H-pyrrole nitrogens is 1. The molecule has 4 aromatic rings. The number of para-hydroxylation sites is 1. The summed E-state index contributed by atoms with van der Waals surface area (Å²) in [7, 11) is 4.50. The Kier molecular flexibility index (Phi) is 4.49. The molecule has 0 saturated heterocycles. The lowest BCUT2D eigenvalue weighted by Gasteiger charge is -2.13. The van der Waals surface area contributed by atoms with Crippen LogP contribution in [-0.4, -0.2) is 37.1 Å². The van der Waals surface area contributed by atoms with E-state index >= 15 is 0 Å². The SMILES string of the molecule is COc1cc(C(=O)c2coc(-c3cc4ccccc4[nH]3)n2)cc(OC)c1OC. The molecule has 0 saturated carbocycles. The van der Waals surface area contributed by atoms with Gasteiger partial charge in [-0.2, -0.15) is 0 Å². The van der Waals surface area contributed by atoms with E-state index in [0.29, 0.717) is 34.4 Å². The van der Waals surface area contributed by atoms with E-state index in [0.717, 1.165) is 10.9 Å². The van der Waals surface area contributed by atoms with Crippen molar-refractivity contribution in [2.24, 2.45) is 0 Å². The van der Waals surface area contributed by atoms with Crippen LogP contribution in [0.2, 0.25) is 0 Å². The van der Waals surface area contributed by atoms with Gasteiger partial charge in [-0.25, -0.2) is 4.98 Å². The first-order chi connectivity index (χ1) is 13.6. The van der Waals surface area contributed by atoms with Crippen LogP contribution in [0.5, 0.6) is 17.2 Å². The van der Waals surface area contributed by atoms with Crippen LogP contribution >= 0.6 is 0 Å². The van der Waals surface area contributed by atoms with Crippen LogP contribution in [0.25, 0.3) is 22.5 Å². The molecular formula is C21H18N2O5. The minimum Gasteiger partial charge on any atom is -0.493 e. The van der Waals surface area contributed by atoms with E-state index in [1.807, 2.05) is 30.3 Å². The number of rotatable bonds is 6. The lowest BCUT2D eigenvalue weighted by atomic mass is 10.1. The number of carbonyl (C=O) groups excluding carboxylic acids is 1. The van der Waals surface area contributed by atoms with Crippen molar-refractivity contribution in [1.82, 2.24) is 9.97 Å². The van der Waals surface area contributed by atoms with Crippen LogP contribution in [0.3, 0.4) is 0 Å². The van der Waals surface area contributed by atoms with Crippen LogP contribution in [-0.2, 0) is 0 Å². The summed E-state index contributed by atoms with van der Waals surface area (Å²) in [4.78, 5) is 20.5. The molecule has 0 aliphatic rings. The summed E-state index contributed by atoms with van der Waals surface area (Å²) >= 11 is 0. The number of methoxy groups -OCH3 is 3. The molecule has 2 aromatic heterocycles. The summed E-state index contributed by atoms with van der Waals surface area (Å²) in [5.74, 6) is 1.23. The Morgan fingerprint density at radius 3 is 2.36 bits per heavy atom. The monoisotopic (exact) mass is 378 g/mol. The Labute approximate surface area is 160 Å². The van der Waals surface area contributed by atoms with E-state index in [4.69, 9.17) is 18.6 Å². The van der Waals surface area contributed by atoms with Crippen molar-refractivity contribution in [3.05, 3.63) is 60.0 Å². The summed E-state index contributed by atoms with van der Waals surface area (Å²) in [5.41, 5.74) is 2.20. The number of hydrogen-bond acceptors (Lipinski definition) is 6. The number of nitrogens with one attached hydrogen (secondary N) is 1. The predicted octanol–water partition coefficient (Wildman–Crippen LogP) is 4.08. The number of benzene rings is 2. The zero-order chi connectivity index (χ0) is 19.7. The molecule has 7 nitrogen and oxygen atoms in total. The third-order valence-electron chi connectivity index (χ3n) is 4.42. The average molecular weight is 378 g/mol. The molecule has 0 radical (unpaired) electrons. The highest BCUT2D eigenvalue weighted by Crippen LogP contribution is 2.38. The molecule has 0 bridgehead atoms. The van der Waals surface area contributed by atoms with Crippen molar-refractivity contribution < 1.29 is 23.4 Å². The number of hydrogen-bond donors (Lipinski definition) is 1. The maximum absolute atomic E-state index is 12.9. The molecule has 0 atom stereocenters. The standard InChI is InChI=1S/C21H18N2O5/c1-25-17-9-13(10-18(26-2)20(17)27-3)19(24)16-11-28-21(23-16)15-8-12-6-4-5-7-14(12)22-15/h4-11,22H,1-3H3. The normalized spacial score (nSPS) is 10.8. The van der Waals surface area contributed by atoms with Crippen LogP contribution in [0.4, 0.5) is 0 Å². The van der Waals surface area contributed by atoms with Crippen molar-refractivity contribution in [3.63, 3.8) is 0 Å². The summed E-state index contributed by atoms with van der Waals surface area (Å²) in [6.45, 7) is 0. The van der Waals surface area contributed by atoms with Gasteiger partial charge in [-0.1, -0.05) is 18.2 Å². The Morgan fingerprint density at radius 2 is 1.71 bits per heavy atom. The lowest BCUT2D eigenvalue weighted by Crippen LogP contribution is -2.04. The Morgan fingerprint density at radius 1 is 1.00 bits per heavy atom. The smallest absolute Gasteiger partial charge is 0.243 e. The second-order valence-corrected chi connectivity index (χ2v) is 6.05. The molecule has 0 amide bonds. The summed E-state index contributed by atoms with van der Waals surface area (Å²) < 4.78 is 21.4. The fourth-order valence-electron chi connectivity index (χ4n) is 3.05. The average Bonchev–Trinajstić information content (AvgIpc) is 3.38.